The summed E-state index contributed by atoms with van der Waals surface area (Å²) in [4.78, 5) is 13.9. The number of carbonyl (C=O) groups is 1. The molecule has 0 unspecified atom stereocenters. The molecule has 1 aromatic rings. The van der Waals surface area contributed by atoms with Crippen molar-refractivity contribution < 1.29 is 4.79 Å². The maximum atomic E-state index is 11.8. The summed E-state index contributed by atoms with van der Waals surface area (Å²) >= 11 is 0. The Labute approximate surface area is 130 Å². The highest BCUT2D eigenvalue weighted by Gasteiger charge is 2.32. The molecule has 1 N–H and O–H groups in total. The number of rotatable bonds is 3. The van der Waals surface area contributed by atoms with Gasteiger partial charge in [0.25, 0.3) is 0 Å². The summed E-state index contributed by atoms with van der Waals surface area (Å²) in [5, 5.41) is 20.9. The molecule has 2 aliphatic rings. The van der Waals surface area contributed by atoms with E-state index < -0.39 is 0 Å². The Bertz CT molecular complexity index is 624. The third-order valence-electron chi connectivity index (χ3n) is 4.64. The van der Waals surface area contributed by atoms with Gasteiger partial charge in [0.1, 0.15) is 11.6 Å². The number of hydrogen-bond donors (Lipinski definition) is 1. The van der Waals surface area contributed by atoms with Crippen LogP contribution in [-0.2, 0) is 4.79 Å². The number of aromatic nitrogens is 2. The van der Waals surface area contributed by atoms with Gasteiger partial charge >= 0.3 is 0 Å². The van der Waals surface area contributed by atoms with Crippen LogP contribution < -0.4 is 10.2 Å². The molecule has 0 spiro atoms. The lowest BCUT2D eigenvalue weighted by atomic mass is 10.0. The summed E-state index contributed by atoms with van der Waals surface area (Å²) in [6.07, 6.45) is 3.85. The summed E-state index contributed by atoms with van der Waals surface area (Å²) in [5.74, 6) is 1.15. The van der Waals surface area contributed by atoms with Crippen molar-refractivity contribution in [2.75, 3.05) is 18.0 Å². The van der Waals surface area contributed by atoms with E-state index in [0.29, 0.717) is 11.4 Å². The van der Waals surface area contributed by atoms with E-state index in [4.69, 9.17) is 0 Å². The van der Waals surface area contributed by atoms with Crippen LogP contribution in [0.1, 0.15) is 42.5 Å². The van der Waals surface area contributed by atoms with Crippen molar-refractivity contribution in [1.82, 2.24) is 15.5 Å². The molecule has 0 aromatic carbocycles. The van der Waals surface area contributed by atoms with Crippen LogP contribution in [0.3, 0.4) is 0 Å². The minimum absolute atomic E-state index is 0.210. The number of hydrogen-bond acceptors (Lipinski definition) is 5. The van der Waals surface area contributed by atoms with Gasteiger partial charge in [0.05, 0.1) is 5.69 Å². The molecule has 0 bridgehead atoms. The van der Waals surface area contributed by atoms with E-state index in [0.717, 1.165) is 50.0 Å². The zero-order valence-corrected chi connectivity index (χ0v) is 13.1. The van der Waals surface area contributed by atoms with Crippen molar-refractivity contribution in [2.45, 2.75) is 45.6 Å². The summed E-state index contributed by atoms with van der Waals surface area (Å²) in [6, 6.07) is 2.50. The molecule has 1 saturated carbocycles. The van der Waals surface area contributed by atoms with Gasteiger partial charge in [0.15, 0.2) is 5.82 Å². The summed E-state index contributed by atoms with van der Waals surface area (Å²) in [5.41, 5.74) is 2.32. The van der Waals surface area contributed by atoms with Crippen LogP contribution in [-0.4, -0.2) is 35.2 Å². The first-order valence-corrected chi connectivity index (χ1v) is 7.89. The number of amides is 1. The first kappa shape index (κ1) is 14.8. The second-order valence-electron chi connectivity index (χ2n) is 6.27. The Morgan fingerprint density at radius 1 is 1.23 bits per heavy atom. The molecular formula is C16H21N5O. The fraction of sp³-hybridized carbons (Fsp3) is 0.625. The van der Waals surface area contributed by atoms with Crippen LogP contribution in [0.2, 0.25) is 0 Å². The highest BCUT2D eigenvalue weighted by molar-refractivity contribution is 5.81. The van der Waals surface area contributed by atoms with Crippen molar-refractivity contribution in [1.29, 1.82) is 5.26 Å². The smallest absolute Gasteiger partial charge is 0.223 e. The maximum Gasteiger partial charge on any atom is 0.223 e. The molecule has 0 atom stereocenters. The maximum absolute atomic E-state index is 11.8. The zero-order chi connectivity index (χ0) is 15.7. The number of nitriles is 1. The Morgan fingerprint density at radius 2 is 1.91 bits per heavy atom. The van der Waals surface area contributed by atoms with E-state index in [-0.39, 0.29) is 17.9 Å². The van der Waals surface area contributed by atoms with E-state index in [1.54, 1.807) is 0 Å². The molecule has 6 nitrogen and oxygen atoms in total. The molecule has 2 fully saturated rings. The van der Waals surface area contributed by atoms with Crippen LogP contribution in [0.4, 0.5) is 5.82 Å². The van der Waals surface area contributed by atoms with Gasteiger partial charge in [0.2, 0.25) is 5.91 Å². The van der Waals surface area contributed by atoms with Crippen LogP contribution in [0, 0.1) is 31.1 Å². The molecule has 1 aliphatic heterocycles. The molecule has 116 valence electrons. The van der Waals surface area contributed by atoms with E-state index in [1.165, 1.54) is 0 Å². The molecule has 2 heterocycles. The first-order chi connectivity index (χ1) is 10.6. The number of anilines is 1. The van der Waals surface area contributed by atoms with Crippen molar-refractivity contribution in [3.05, 3.63) is 16.8 Å². The second-order valence-corrected chi connectivity index (χ2v) is 6.27. The molecular weight excluding hydrogens is 278 g/mol. The third-order valence-corrected chi connectivity index (χ3v) is 4.64. The van der Waals surface area contributed by atoms with Crippen molar-refractivity contribution in [3.63, 3.8) is 0 Å². The van der Waals surface area contributed by atoms with Gasteiger partial charge in [-0.05, 0) is 45.1 Å². The average Bonchev–Trinajstić information content (AvgIpc) is 3.35. The number of nitrogens with zero attached hydrogens (tertiary/aromatic N) is 4. The lowest BCUT2D eigenvalue weighted by molar-refractivity contribution is -0.123. The fourth-order valence-corrected chi connectivity index (χ4v) is 2.85. The van der Waals surface area contributed by atoms with Crippen LogP contribution >= 0.6 is 0 Å². The normalized spacial score (nSPS) is 18.9. The minimum Gasteiger partial charge on any atom is -0.354 e. The molecule has 3 rings (SSSR count). The predicted molar refractivity (Wildman–Crippen MR) is 82.3 cm³/mol. The lowest BCUT2D eigenvalue weighted by Gasteiger charge is -2.33. The molecule has 0 radical (unpaired) electrons. The Morgan fingerprint density at radius 3 is 2.50 bits per heavy atom. The van der Waals surface area contributed by atoms with Gasteiger partial charge in [0, 0.05) is 25.0 Å². The van der Waals surface area contributed by atoms with E-state index in [1.807, 2.05) is 13.8 Å². The summed E-state index contributed by atoms with van der Waals surface area (Å²) < 4.78 is 0. The van der Waals surface area contributed by atoms with Crippen LogP contribution in [0.25, 0.3) is 0 Å². The monoisotopic (exact) mass is 299 g/mol. The topological polar surface area (TPSA) is 81.9 Å². The largest absolute Gasteiger partial charge is 0.354 e. The molecule has 1 saturated heterocycles. The van der Waals surface area contributed by atoms with E-state index in [9.17, 15) is 10.1 Å². The second kappa shape index (κ2) is 5.91. The van der Waals surface area contributed by atoms with Gasteiger partial charge in [-0.15, -0.1) is 5.10 Å². The van der Waals surface area contributed by atoms with Crippen molar-refractivity contribution in [2.24, 2.45) is 5.92 Å². The SMILES string of the molecule is Cc1nnc(N2CCC(NC(=O)C3CC3)CC2)c(C#N)c1C. The lowest BCUT2D eigenvalue weighted by Crippen LogP contribution is -2.45. The zero-order valence-electron chi connectivity index (χ0n) is 13.1. The third kappa shape index (κ3) is 2.89. The minimum atomic E-state index is 0.210. The van der Waals surface area contributed by atoms with E-state index >= 15 is 0 Å². The Balaban J connectivity index is 1.65. The first-order valence-electron chi connectivity index (χ1n) is 7.89. The number of aryl methyl sites for hydroxylation is 1. The van der Waals surface area contributed by atoms with Crippen molar-refractivity contribution >= 4 is 11.7 Å². The van der Waals surface area contributed by atoms with Gasteiger partial charge in [-0.2, -0.15) is 10.4 Å². The predicted octanol–water partition coefficient (Wildman–Crippen LogP) is 1.46. The standard InChI is InChI=1S/C16H21N5O/c1-10-11(2)19-20-15(14(10)9-17)21-7-5-13(6-8-21)18-16(22)12-3-4-12/h12-13H,3-8H2,1-2H3,(H,18,22). The summed E-state index contributed by atoms with van der Waals surface area (Å²) in [6.45, 7) is 5.37. The van der Waals surface area contributed by atoms with Gasteiger partial charge in [-0.3, -0.25) is 4.79 Å². The van der Waals surface area contributed by atoms with E-state index in [2.05, 4.69) is 26.5 Å². The highest BCUT2D eigenvalue weighted by atomic mass is 16.2. The Hall–Kier alpha value is -2.16. The quantitative estimate of drug-likeness (QED) is 0.913. The van der Waals surface area contributed by atoms with Crippen molar-refractivity contribution in [3.8, 4) is 6.07 Å². The number of piperidine rings is 1. The molecule has 1 aliphatic carbocycles. The van der Waals surface area contributed by atoms with Gasteiger partial charge < -0.3 is 10.2 Å². The van der Waals surface area contributed by atoms with Crippen LogP contribution in [0.15, 0.2) is 0 Å². The summed E-state index contributed by atoms with van der Waals surface area (Å²) in [7, 11) is 0. The van der Waals surface area contributed by atoms with Gasteiger partial charge in [-0.1, -0.05) is 0 Å². The number of carbonyl (C=O) groups excluding carboxylic acids is 1. The Kier molecular flexibility index (Phi) is 3.97. The molecule has 1 amide bonds. The average molecular weight is 299 g/mol. The fourth-order valence-electron chi connectivity index (χ4n) is 2.85. The highest BCUT2D eigenvalue weighted by Crippen LogP contribution is 2.30. The molecule has 22 heavy (non-hydrogen) atoms. The molecule has 6 heteroatoms. The number of nitrogens with one attached hydrogen (secondary N) is 1. The molecule has 1 aromatic heterocycles. The van der Waals surface area contributed by atoms with Crippen LogP contribution in [0.5, 0.6) is 0 Å². The van der Waals surface area contributed by atoms with Gasteiger partial charge in [-0.25, -0.2) is 0 Å².